The van der Waals surface area contributed by atoms with Crippen molar-refractivity contribution in [1.82, 2.24) is 19.7 Å². The summed E-state index contributed by atoms with van der Waals surface area (Å²) in [7, 11) is 1.63. The fraction of sp³-hybridized carbons (Fsp3) is 0.346. The molecule has 4 aromatic rings. The standard InChI is InChI=1S/C26H31N5O2/c1-5-30(20-11-8-10-18(2)16-20)15-9-14-27-25(32)19(3)31-23-13-7-6-12-21(23)22-17-28-29(4)26(33)24(22)31/h6-8,10-13,16-17,19H,5,9,14-15H2,1-4H3,(H,27,32). The first-order valence-corrected chi connectivity index (χ1v) is 11.5. The SMILES string of the molecule is CCN(CCCNC(=O)C(C)n1c2ccccc2c2cnn(C)c(=O)c21)c1cccc(C)c1. The summed E-state index contributed by atoms with van der Waals surface area (Å²) in [5.74, 6) is -0.102. The summed E-state index contributed by atoms with van der Waals surface area (Å²) in [5.41, 5.74) is 3.59. The summed E-state index contributed by atoms with van der Waals surface area (Å²) in [6, 6.07) is 15.7. The van der Waals surface area contributed by atoms with Gasteiger partial charge in [0, 0.05) is 43.1 Å². The van der Waals surface area contributed by atoms with E-state index in [4.69, 9.17) is 0 Å². The molecule has 0 aliphatic rings. The predicted octanol–water partition coefficient (Wildman–Crippen LogP) is 3.79. The fourth-order valence-corrected chi connectivity index (χ4v) is 4.43. The highest BCUT2D eigenvalue weighted by Crippen LogP contribution is 2.29. The Morgan fingerprint density at radius 3 is 2.70 bits per heavy atom. The molecule has 0 bridgehead atoms. The number of nitrogens with one attached hydrogen (secondary N) is 1. The van der Waals surface area contributed by atoms with Gasteiger partial charge in [0.15, 0.2) is 0 Å². The Labute approximate surface area is 193 Å². The third-order valence-corrected chi connectivity index (χ3v) is 6.23. The molecular formula is C26H31N5O2. The van der Waals surface area contributed by atoms with Crippen molar-refractivity contribution in [3.05, 3.63) is 70.6 Å². The normalized spacial score (nSPS) is 12.2. The number of para-hydroxylation sites is 1. The van der Waals surface area contributed by atoms with E-state index >= 15 is 0 Å². The minimum Gasteiger partial charge on any atom is -0.372 e. The monoisotopic (exact) mass is 445 g/mol. The Balaban J connectivity index is 1.49. The number of carbonyl (C=O) groups is 1. The van der Waals surface area contributed by atoms with Crippen LogP contribution in [0.1, 0.15) is 31.9 Å². The molecule has 0 aliphatic heterocycles. The largest absolute Gasteiger partial charge is 0.372 e. The molecule has 2 aromatic heterocycles. The molecule has 1 amide bonds. The lowest BCUT2D eigenvalue weighted by molar-refractivity contribution is -0.123. The van der Waals surface area contributed by atoms with E-state index in [1.807, 2.05) is 35.8 Å². The van der Waals surface area contributed by atoms with Gasteiger partial charge in [0.25, 0.3) is 5.56 Å². The smallest absolute Gasteiger partial charge is 0.291 e. The molecule has 0 radical (unpaired) electrons. The number of nitrogens with zero attached hydrogens (tertiary/aromatic N) is 4. The van der Waals surface area contributed by atoms with E-state index < -0.39 is 6.04 Å². The lowest BCUT2D eigenvalue weighted by Crippen LogP contribution is -2.34. The van der Waals surface area contributed by atoms with Crippen LogP contribution in [0.3, 0.4) is 0 Å². The van der Waals surface area contributed by atoms with E-state index in [1.54, 1.807) is 13.2 Å². The molecule has 4 rings (SSSR count). The molecule has 0 fully saturated rings. The minimum atomic E-state index is -0.526. The van der Waals surface area contributed by atoms with E-state index in [9.17, 15) is 9.59 Å². The van der Waals surface area contributed by atoms with Crippen molar-refractivity contribution < 1.29 is 4.79 Å². The molecule has 2 aromatic carbocycles. The Kier molecular flexibility index (Phi) is 6.49. The van der Waals surface area contributed by atoms with Gasteiger partial charge < -0.3 is 14.8 Å². The second-order valence-electron chi connectivity index (χ2n) is 8.46. The maximum atomic E-state index is 13.1. The van der Waals surface area contributed by atoms with Gasteiger partial charge in [0.2, 0.25) is 5.91 Å². The van der Waals surface area contributed by atoms with Crippen LogP contribution in [0.15, 0.2) is 59.5 Å². The quantitative estimate of drug-likeness (QED) is 0.419. The summed E-state index contributed by atoms with van der Waals surface area (Å²) < 4.78 is 3.15. The van der Waals surface area contributed by atoms with Gasteiger partial charge in [-0.05, 0) is 51.0 Å². The molecule has 0 saturated heterocycles. The third-order valence-electron chi connectivity index (χ3n) is 6.23. The number of hydrogen-bond donors (Lipinski definition) is 1. The highest BCUT2D eigenvalue weighted by Gasteiger charge is 2.23. The van der Waals surface area contributed by atoms with Crippen LogP contribution in [0.25, 0.3) is 21.8 Å². The van der Waals surface area contributed by atoms with Crippen molar-refractivity contribution in [3.63, 3.8) is 0 Å². The first kappa shape index (κ1) is 22.6. The van der Waals surface area contributed by atoms with E-state index in [0.29, 0.717) is 12.1 Å². The lowest BCUT2D eigenvalue weighted by atomic mass is 10.2. The number of anilines is 1. The Morgan fingerprint density at radius 1 is 1.15 bits per heavy atom. The molecule has 33 heavy (non-hydrogen) atoms. The zero-order chi connectivity index (χ0) is 23.5. The van der Waals surface area contributed by atoms with E-state index in [0.717, 1.165) is 35.8 Å². The van der Waals surface area contributed by atoms with Gasteiger partial charge >= 0.3 is 0 Å². The van der Waals surface area contributed by atoms with Gasteiger partial charge in [0.05, 0.1) is 11.7 Å². The summed E-state index contributed by atoms with van der Waals surface area (Å²) in [4.78, 5) is 28.3. The molecule has 0 spiro atoms. The third kappa shape index (κ3) is 4.35. The molecule has 1 N–H and O–H groups in total. The molecule has 7 heteroatoms. The van der Waals surface area contributed by atoms with Gasteiger partial charge in [0.1, 0.15) is 11.6 Å². The van der Waals surface area contributed by atoms with Crippen molar-refractivity contribution in [2.24, 2.45) is 7.05 Å². The van der Waals surface area contributed by atoms with Crippen LogP contribution in [0.2, 0.25) is 0 Å². The molecule has 1 atom stereocenters. The second-order valence-corrected chi connectivity index (χ2v) is 8.46. The van der Waals surface area contributed by atoms with Gasteiger partial charge in [-0.15, -0.1) is 0 Å². The van der Waals surface area contributed by atoms with Gasteiger partial charge in [-0.25, -0.2) is 4.68 Å². The minimum absolute atomic E-state index is 0.102. The number of rotatable bonds is 8. The molecule has 7 nitrogen and oxygen atoms in total. The number of aryl methyl sites for hydroxylation is 2. The number of hydrogen-bond acceptors (Lipinski definition) is 4. The molecule has 0 saturated carbocycles. The number of benzene rings is 2. The van der Waals surface area contributed by atoms with E-state index in [-0.39, 0.29) is 11.5 Å². The number of carbonyl (C=O) groups excluding carboxylic acids is 1. The molecule has 2 heterocycles. The van der Waals surface area contributed by atoms with Crippen molar-refractivity contribution in [2.75, 3.05) is 24.5 Å². The van der Waals surface area contributed by atoms with Crippen molar-refractivity contribution >= 4 is 33.4 Å². The first-order valence-electron chi connectivity index (χ1n) is 11.5. The summed E-state index contributed by atoms with van der Waals surface area (Å²) in [6.07, 6.45) is 2.53. The van der Waals surface area contributed by atoms with Crippen LogP contribution >= 0.6 is 0 Å². The number of amides is 1. The Morgan fingerprint density at radius 2 is 1.94 bits per heavy atom. The second kappa shape index (κ2) is 9.48. The highest BCUT2D eigenvalue weighted by atomic mass is 16.2. The van der Waals surface area contributed by atoms with Crippen LogP contribution in [-0.4, -0.2) is 39.9 Å². The van der Waals surface area contributed by atoms with Crippen LogP contribution < -0.4 is 15.8 Å². The maximum Gasteiger partial charge on any atom is 0.291 e. The lowest BCUT2D eigenvalue weighted by Gasteiger charge is -2.24. The predicted molar refractivity (Wildman–Crippen MR) is 134 cm³/mol. The fourth-order valence-electron chi connectivity index (χ4n) is 4.43. The van der Waals surface area contributed by atoms with Crippen LogP contribution in [0, 0.1) is 6.92 Å². The molecule has 172 valence electrons. The number of aromatic nitrogens is 3. The molecular weight excluding hydrogens is 414 g/mol. The van der Waals surface area contributed by atoms with Crippen molar-refractivity contribution in [1.29, 1.82) is 0 Å². The summed E-state index contributed by atoms with van der Waals surface area (Å²) >= 11 is 0. The average Bonchev–Trinajstić information content (AvgIpc) is 3.16. The van der Waals surface area contributed by atoms with Gasteiger partial charge in [-0.2, -0.15) is 5.10 Å². The maximum absolute atomic E-state index is 13.1. The summed E-state index contributed by atoms with van der Waals surface area (Å²) in [5, 5.41) is 8.93. The first-order chi connectivity index (χ1) is 15.9. The number of fused-ring (bicyclic) bond motifs is 3. The van der Waals surface area contributed by atoms with Gasteiger partial charge in [-0.1, -0.05) is 30.3 Å². The van der Waals surface area contributed by atoms with E-state index in [1.165, 1.54) is 15.9 Å². The molecule has 0 aliphatic carbocycles. The van der Waals surface area contributed by atoms with Crippen LogP contribution in [0.5, 0.6) is 0 Å². The van der Waals surface area contributed by atoms with Gasteiger partial charge in [-0.3, -0.25) is 9.59 Å². The molecule has 1 unspecified atom stereocenters. The topological polar surface area (TPSA) is 72.2 Å². The summed E-state index contributed by atoms with van der Waals surface area (Å²) in [6.45, 7) is 8.41. The average molecular weight is 446 g/mol. The van der Waals surface area contributed by atoms with Crippen LogP contribution in [-0.2, 0) is 11.8 Å². The Hall–Kier alpha value is -3.61. The highest BCUT2D eigenvalue weighted by molar-refractivity contribution is 6.08. The van der Waals surface area contributed by atoms with Crippen LogP contribution in [0.4, 0.5) is 5.69 Å². The van der Waals surface area contributed by atoms with E-state index in [2.05, 4.69) is 53.4 Å². The zero-order valence-corrected chi connectivity index (χ0v) is 19.7. The van der Waals surface area contributed by atoms with Crippen molar-refractivity contribution in [3.8, 4) is 0 Å². The van der Waals surface area contributed by atoms with Crippen molar-refractivity contribution in [2.45, 2.75) is 33.2 Å². The Bertz CT molecular complexity index is 1350. The zero-order valence-electron chi connectivity index (χ0n) is 19.7.